The lowest BCUT2D eigenvalue weighted by molar-refractivity contribution is -0.129. The molecule has 1 aliphatic rings. The van der Waals surface area contributed by atoms with Gasteiger partial charge in [0.15, 0.2) is 0 Å². The number of unbranched alkanes of at least 4 members (excludes halogenated alkanes) is 1. The average molecular weight is 304 g/mol. The molecule has 1 heterocycles. The molecule has 1 saturated heterocycles. The van der Waals surface area contributed by atoms with E-state index in [1.54, 1.807) is 0 Å². The Hall–Kier alpha value is -1.55. The van der Waals surface area contributed by atoms with Crippen molar-refractivity contribution in [2.75, 3.05) is 32.8 Å². The number of nitrogens with zero attached hydrogens (tertiary/aromatic N) is 1. The largest absolute Gasteiger partial charge is 0.494 e. The molecule has 1 amide bonds. The van der Waals surface area contributed by atoms with Gasteiger partial charge in [-0.25, -0.2) is 0 Å². The van der Waals surface area contributed by atoms with E-state index in [1.807, 2.05) is 17.0 Å². The molecule has 2 rings (SSSR count). The summed E-state index contributed by atoms with van der Waals surface area (Å²) in [6, 6.07) is 8.24. The molecule has 0 bridgehead atoms. The van der Waals surface area contributed by atoms with Crippen LogP contribution in [0.1, 0.15) is 38.2 Å². The van der Waals surface area contributed by atoms with E-state index in [4.69, 9.17) is 4.74 Å². The second kappa shape index (κ2) is 9.46. The minimum atomic E-state index is 0.231. The Morgan fingerprint density at radius 2 is 2.14 bits per heavy atom. The van der Waals surface area contributed by atoms with Gasteiger partial charge in [0, 0.05) is 13.1 Å². The van der Waals surface area contributed by atoms with Gasteiger partial charge in [0.2, 0.25) is 5.91 Å². The highest BCUT2D eigenvalue weighted by Gasteiger charge is 2.16. The highest BCUT2D eigenvalue weighted by molar-refractivity contribution is 5.78. The molecular formula is C18H28N2O2. The number of hydrogen-bond acceptors (Lipinski definition) is 3. The fourth-order valence-corrected chi connectivity index (χ4v) is 2.63. The predicted octanol–water partition coefficient (Wildman–Crippen LogP) is 2.62. The first-order valence-corrected chi connectivity index (χ1v) is 8.50. The van der Waals surface area contributed by atoms with Gasteiger partial charge >= 0.3 is 0 Å². The van der Waals surface area contributed by atoms with Crippen molar-refractivity contribution in [3.05, 3.63) is 29.8 Å². The predicted molar refractivity (Wildman–Crippen MR) is 89.2 cm³/mol. The van der Waals surface area contributed by atoms with Crippen LogP contribution in [-0.2, 0) is 11.2 Å². The molecular weight excluding hydrogens is 276 g/mol. The van der Waals surface area contributed by atoms with Gasteiger partial charge < -0.3 is 15.0 Å². The number of likely N-dealkylation sites (tertiary alicyclic amines) is 1. The Morgan fingerprint density at radius 3 is 2.91 bits per heavy atom. The van der Waals surface area contributed by atoms with E-state index >= 15 is 0 Å². The molecule has 1 aliphatic heterocycles. The first kappa shape index (κ1) is 16.8. The van der Waals surface area contributed by atoms with Crippen molar-refractivity contribution in [1.29, 1.82) is 0 Å². The summed E-state index contributed by atoms with van der Waals surface area (Å²) in [6.07, 6.45) is 5.45. The zero-order valence-electron chi connectivity index (χ0n) is 13.6. The van der Waals surface area contributed by atoms with Crippen molar-refractivity contribution in [2.45, 2.75) is 39.0 Å². The lowest BCUT2D eigenvalue weighted by atomic mass is 10.1. The quantitative estimate of drug-likeness (QED) is 0.713. The van der Waals surface area contributed by atoms with Crippen LogP contribution in [0.4, 0.5) is 0 Å². The van der Waals surface area contributed by atoms with Crippen LogP contribution in [0, 0.1) is 0 Å². The third-order valence-corrected chi connectivity index (χ3v) is 3.99. The summed E-state index contributed by atoms with van der Waals surface area (Å²) >= 11 is 0. The fourth-order valence-electron chi connectivity index (χ4n) is 2.63. The summed E-state index contributed by atoms with van der Waals surface area (Å²) in [4.78, 5) is 13.9. The van der Waals surface area contributed by atoms with Crippen molar-refractivity contribution in [2.24, 2.45) is 0 Å². The molecule has 0 aliphatic carbocycles. The summed E-state index contributed by atoms with van der Waals surface area (Å²) in [5.74, 6) is 1.17. The van der Waals surface area contributed by atoms with E-state index in [-0.39, 0.29) is 5.91 Å². The number of carbonyl (C=O) groups excluding carboxylic acids is 1. The van der Waals surface area contributed by atoms with Crippen LogP contribution in [0.25, 0.3) is 0 Å². The Bertz CT molecular complexity index is 456. The summed E-state index contributed by atoms with van der Waals surface area (Å²) in [7, 11) is 0. The third kappa shape index (κ3) is 5.68. The lowest BCUT2D eigenvalue weighted by Gasteiger charge is -2.15. The summed E-state index contributed by atoms with van der Waals surface area (Å²) < 4.78 is 5.72. The van der Waals surface area contributed by atoms with E-state index in [0.29, 0.717) is 6.54 Å². The second-order valence-electron chi connectivity index (χ2n) is 5.86. The summed E-state index contributed by atoms with van der Waals surface area (Å²) in [5, 5.41) is 3.25. The van der Waals surface area contributed by atoms with Gasteiger partial charge in [-0.3, -0.25) is 4.79 Å². The number of hydrogen-bond donors (Lipinski definition) is 1. The maximum Gasteiger partial charge on any atom is 0.236 e. The monoisotopic (exact) mass is 304 g/mol. The van der Waals surface area contributed by atoms with Crippen LogP contribution in [-0.4, -0.2) is 43.6 Å². The number of amides is 1. The molecule has 0 saturated carbocycles. The number of nitrogens with one attached hydrogen (secondary N) is 1. The van der Waals surface area contributed by atoms with Gasteiger partial charge in [-0.05, 0) is 49.9 Å². The van der Waals surface area contributed by atoms with Gasteiger partial charge in [0.05, 0.1) is 13.2 Å². The first-order chi connectivity index (χ1) is 10.8. The van der Waals surface area contributed by atoms with Crippen molar-refractivity contribution < 1.29 is 9.53 Å². The highest BCUT2D eigenvalue weighted by atomic mass is 16.5. The molecule has 0 unspecified atom stereocenters. The molecule has 0 atom stereocenters. The van der Waals surface area contributed by atoms with Crippen LogP contribution < -0.4 is 10.1 Å². The Morgan fingerprint density at radius 1 is 1.32 bits per heavy atom. The standard InChI is InChI=1S/C18H28N2O2/c1-2-3-13-22-17-8-6-7-16(14-17)9-10-19-15-18(21)20-11-4-5-12-20/h6-8,14,19H,2-5,9-13,15H2,1H3. The maximum absolute atomic E-state index is 11.9. The minimum absolute atomic E-state index is 0.231. The number of carbonyl (C=O) groups is 1. The van der Waals surface area contributed by atoms with Crippen molar-refractivity contribution in [3.8, 4) is 5.75 Å². The van der Waals surface area contributed by atoms with Crippen molar-refractivity contribution in [3.63, 3.8) is 0 Å². The van der Waals surface area contributed by atoms with Gasteiger partial charge in [0.25, 0.3) is 0 Å². The van der Waals surface area contributed by atoms with Gasteiger partial charge in [-0.2, -0.15) is 0 Å². The SMILES string of the molecule is CCCCOc1cccc(CCNCC(=O)N2CCCC2)c1. The molecule has 1 aromatic rings. The van der Waals surface area contributed by atoms with E-state index in [2.05, 4.69) is 24.4 Å². The third-order valence-electron chi connectivity index (χ3n) is 3.99. The summed E-state index contributed by atoms with van der Waals surface area (Å²) in [6.45, 7) is 6.07. The molecule has 1 aromatic carbocycles. The van der Waals surface area contributed by atoms with Crippen LogP contribution in [0.15, 0.2) is 24.3 Å². The topological polar surface area (TPSA) is 41.6 Å². The van der Waals surface area contributed by atoms with Crippen LogP contribution in [0.2, 0.25) is 0 Å². The van der Waals surface area contributed by atoms with E-state index in [9.17, 15) is 4.79 Å². The van der Waals surface area contributed by atoms with Crippen LogP contribution in [0.3, 0.4) is 0 Å². The number of ether oxygens (including phenoxy) is 1. The molecule has 0 radical (unpaired) electrons. The molecule has 0 spiro atoms. The number of benzene rings is 1. The fraction of sp³-hybridized carbons (Fsp3) is 0.611. The van der Waals surface area contributed by atoms with Gasteiger partial charge in [-0.15, -0.1) is 0 Å². The lowest BCUT2D eigenvalue weighted by Crippen LogP contribution is -2.36. The Balaban J connectivity index is 1.65. The van der Waals surface area contributed by atoms with E-state index in [1.165, 1.54) is 5.56 Å². The molecule has 1 fully saturated rings. The Kier molecular flexibility index (Phi) is 7.23. The number of rotatable bonds is 9. The van der Waals surface area contributed by atoms with Crippen molar-refractivity contribution >= 4 is 5.91 Å². The van der Waals surface area contributed by atoms with E-state index < -0.39 is 0 Å². The smallest absolute Gasteiger partial charge is 0.236 e. The molecule has 0 aromatic heterocycles. The van der Waals surface area contributed by atoms with Crippen LogP contribution in [0.5, 0.6) is 5.75 Å². The maximum atomic E-state index is 11.9. The summed E-state index contributed by atoms with van der Waals surface area (Å²) in [5.41, 5.74) is 1.25. The molecule has 4 heteroatoms. The molecule has 4 nitrogen and oxygen atoms in total. The van der Waals surface area contributed by atoms with Crippen LogP contribution >= 0.6 is 0 Å². The highest BCUT2D eigenvalue weighted by Crippen LogP contribution is 2.14. The molecule has 122 valence electrons. The zero-order valence-corrected chi connectivity index (χ0v) is 13.6. The average Bonchev–Trinajstić information content (AvgIpc) is 3.07. The normalized spacial score (nSPS) is 14.3. The second-order valence-corrected chi connectivity index (χ2v) is 5.86. The Labute approximate surface area is 133 Å². The van der Waals surface area contributed by atoms with E-state index in [0.717, 1.165) is 64.1 Å². The molecule has 22 heavy (non-hydrogen) atoms. The van der Waals surface area contributed by atoms with Gasteiger partial charge in [0.1, 0.15) is 5.75 Å². The van der Waals surface area contributed by atoms with Crippen molar-refractivity contribution in [1.82, 2.24) is 10.2 Å². The van der Waals surface area contributed by atoms with Gasteiger partial charge in [-0.1, -0.05) is 25.5 Å². The first-order valence-electron chi connectivity index (χ1n) is 8.50. The molecule has 1 N–H and O–H groups in total. The minimum Gasteiger partial charge on any atom is -0.494 e. The zero-order chi connectivity index (χ0) is 15.6.